The number of benzene rings is 1. The predicted molar refractivity (Wildman–Crippen MR) is 70.6 cm³/mol. The minimum absolute atomic E-state index is 0.235. The van der Waals surface area contributed by atoms with Gasteiger partial charge in [0.25, 0.3) is 0 Å². The second kappa shape index (κ2) is 5.44. The van der Waals surface area contributed by atoms with Crippen molar-refractivity contribution in [2.75, 3.05) is 17.2 Å². The van der Waals surface area contributed by atoms with E-state index in [0.717, 1.165) is 12.4 Å². The first kappa shape index (κ1) is 12.3. The number of halogens is 1. The lowest BCUT2D eigenvalue weighted by molar-refractivity contribution is 0.619. The third-order valence-electron chi connectivity index (χ3n) is 2.47. The maximum absolute atomic E-state index is 13.4. The van der Waals surface area contributed by atoms with E-state index in [1.54, 1.807) is 19.1 Å². The molecule has 2 rings (SSSR count). The van der Waals surface area contributed by atoms with Gasteiger partial charge in [-0.15, -0.1) is 0 Å². The van der Waals surface area contributed by atoms with Crippen molar-refractivity contribution in [2.45, 2.75) is 13.8 Å². The lowest BCUT2D eigenvalue weighted by Gasteiger charge is -2.08. The normalized spacial score (nSPS) is 10.2. The van der Waals surface area contributed by atoms with Gasteiger partial charge in [-0.3, -0.25) is 0 Å². The zero-order valence-corrected chi connectivity index (χ0v) is 10.4. The number of rotatable bonds is 4. The molecule has 2 N–H and O–H groups in total. The SMILES string of the molecule is CCNc1cc(Nc2ccc(C)c(F)c2)ncn1. The molecule has 1 aromatic heterocycles. The minimum Gasteiger partial charge on any atom is -0.370 e. The van der Waals surface area contributed by atoms with Gasteiger partial charge in [-0.2, -0.15) is 0 Å². The highest BCUT2D eigenvalue weighted by Crippen LogP contribution is 2.18. The summed E-state index contributed by atoms with van der Waals surface area (Å²) in [5, 5.41) is 6.13. The van der Waals surface area contributed by atoms with Crippen molar-refractivity contribution in [3.8, 4) is 0 Å². The molecule has 0 radical (unpaired) electrons. The summed E-state index contributed by atoms with van der Waals surface area (Å²) in [5.74, 6) is 1.13. The number of aryl methyl sites for hydroxylation is 1. The van der Waals surface area contributed by atoms with Gasteiger partial charge in [-0.25, -0.2) is 14.4 Å². The van der Waals surface area contributed by atoms with Gasteiger partial charge in [0.1, 0.15) is 23.8 Å². The van der Waals surface area contributed by atoms with Crippen LogP contribution in [0.15, 0.2) is 30.6 Å². The number of anilines is 3. The van der Waals surface area contributed by atoms with E-state index in [2.05, 4.69) is 20.6 Å². The fourth-order valence-corrected chi connectivity index (χ4v) is 1.52. The molecule has 0 aliphatic heterocycles. The lowest BCUT2D eigenvalue weighted by Crippen LogP contribution is -2.01. The Morgan fingerprint density at radius 3 is 2.67 bits per heavy atom. The first-order valence-electron chi connectivity index (χ1n) is 5.78. The Kier molecular flexibility index (Phi) is 3.72. The van der Waals surface area contributed by atoms with Gasteiger partial charge in [0.05, 0.1) is 0 Å². The number of aromatic nitrogens is 2. The summed E-state index contributed by atoms with van der Waals surface area (Å²) in [7, 11) is 0. The molecular formula is C13H15FN4. The molecule has 0 bridgehead atoms. The van der Waals surface area contributed by atoms with Crippen LogP contribution in [0.5, 0.6) is 0 Å². The van der Waals surface area contributed by atoms with Crippen LogP contribution in [0.2, 0.25) is 0 Å². The Morgan fingerprint density at radius 1 is 1.17 bits per heavy atom. The van der Waals surface area contributed by atoms with Crippen LogP contribution in [-0.2, 0) is 0 Å². The van der Waals surface area contributed by atoms with Gasteiger partial charge in [-0.1, -0.05) is 6.07 Å². The van der Waals surface area contributed by atoms with Crippen molar-refractivity contribution in [1.82, 2.24) is 9.97 Å². The van der Waals surface area contributed by atoms with Gasteiger partial charge in [0.15, 0.2) is 0 Å². The van der Waals surface area contributed by atoms with Crippen molar-refractivity contribution < 1.29 is 4.39 Å². The van der Waals surface area contributed by atoms with Crippen molar-refractivity contribution in [2.24, 2.45) is 0 Å². The number of nitrogens with zero attached hydrogens (tertiary/aromatic N) is 2. The molecule has 1 heterocycles. The summed E-state index contributed by atoms with van der Waals surface area (Å²) < 4.78 is 13.4. The average molecular weight is 246 g/mol. The molecule has 0 amide bonds. The summed E-state index contributed by atoms with van der Waals surface area (Å²) in [5.41, 5.74) is 1.29. The van der Waals surface area contributed by atoms with E-state index >= 15 is 0 Å². The van der Waals surface area contributed by atoms with E-state index in [1.807, 2.05) is 13.0 Å². The fourth-order valence-electron chi connectivity index (χ4n) is 1.52. The quantitative estimate of drug-likeness (QED) is 0.870. The van der Waals surface area contributed by atoms with Crippen LogP contribution in [-0.4, -0.2) is 16.5 Å². The summed E-state index contributed by atoms with van der Waals surface area (Å²) >= 11 is 0. The Balaban J connectivity index is 2.17. The summed E-state index contributed by atoms with van der Waals surface area (Å²) in [6.07, 6.45) is 1.46. The Labute approximate surface area is 105 Å². The molecule has 0 fully saturated rings. The van der Waals surface area contributed by atoms with Gasteiger partial charge >= 0.3 is 0 Å². The second-order valence-electron chi connectivity index (χ2n) is 3.91. The Morgan fingerprint density at radius 2 is 1.94 bits per heavy atom. The van der Waals surface area contributed by atoms with Crippen LogP contribution in [0.4, 0.5) is 21.7 Å². The fraction of sp³-hybridized carbons (Fsp3) is 0.231. The van der Waals surface area contributed by atoms with E-state index in [0.29, 0.717) is 17.1 Å². The van der Waals surface area contributed by atoms with Crippen molar-refractivity contribution in [1.29, 1.82) is 0 Å². The predicted octanol–water partition coefficient (Wildman–Crippen LogP) is 3.10. The molecular weight excluding hydrogens is 231 g/mol. The third kappa shape index (κ3) is 2.94. The van der Waals surface area contributed by atoms with Gasteiger partial charge in [0, 0.05) is 18.3 Å². The topological polar surface area (TPSA) is 49.8 Å². The second-order valence-corrected chi connectivity index (χ2v) is 3.91. The first-order valence-corrected chi connectivity index (χ1v) is 5.78. The van der Waals surface area contributed by atoms with E-state index in [9.17, 15) is 4.39 Å². The standard InChI is InChI=1S/C13H15FN4/c1-3-15-12-7-13(17-8-16-12)18-10-5-4-9(2)11(14)6-10/h4-8H,3H2,1-2H3,(H2,15,16,17,18). The molecule has 1 aromatic carbocycles. The smallest absolute Gasteiger partial charge is 0.135 e. The molecule has 4 nitrogen and oxygen atoms in total. The molecule has 0 saturated carbocycles. The summed E-state index contributed by atoms with van der Waals surface area (Å²) in [4.78, 5) is 8.15. The van der Waals surface area contributed by atoms with E-state index in [-0.39, 0.29) is 5.82 Å². The first-order chi connectivity index (χ1) is 8.69. The maximum Gasteiger partial charge on any atom is 0.135 e. The molecule has 5 heteroatoms. The maximum atomic E-state index is 13.4. The molecule has 0 unspecified atom stereocenters. The van der Waals surface area contributed by atoms with Crippen LogP contribution in [0.25, 0.3) is 0 Å². The molecule has 94 valence electrons. The van der Waals surface area contributed by atoms with Crippen molar-refractivity contribution in [3.63, 3.8) is 0 Å². The zero-order valence-electron chi connectivity index (χ0n) is 10.4. The number of hydrogen-bond acceptors (Lipinski definition) is 4. The van der Waals surface area contributed by atoms with E-state index in [1.165, 1.54) is 12.4 Å². The molecule has 0 aliphatic rings. The van der Waals surface area contributed by atoms with Gasteiger partial charge in [0.2, 0.25) is 0 Å². The Hall–Kier alpha value is -2.17. The van der Waals surface area contributed by atoms with Gasteiger partial charge in [-0.05, 0) is 31.5 Å². The van der Waals surface area contributed by atoms with Crippen LogP contribution >= 0.6 is 0 Å². The monoisotopic (exact) mass is 246 g/mol. The molecule has 2 aromatic rings. The summed E-state index contributed by atoms with van der Waals surface area (Å²) in [6, 6.07) is 6.77. The van der Waals surface area contributed by atoms with Crippen molar-refractivity contribution in [3.05, 3.63) is 42.0 Å². The van der Waals surface area contributed by atoms with Crippen LogP contribution in [0, 0.1) is 12.7 Å². The van der Waals surface area contributed by atoms with Crippen molar-refractivity contribution >= 4 is 17.3 Å². The molecule has 0 aliphatic carbocycles. The average Bonchev–Trinajstić information content (AvgIpc) is 2.35. The largest absolute Gasteiger partial charge is 0.370 e. The number of nitrogens with one attached hydrogen (secondary N) is 2. The van der Waals surface area contributed by atoms with Crippen LogP contribution in [0.1, 0.15) is 12.5 Å². The van der Waals surface area contributed by atoms with E-state index in [4.69, 9.17) is 0 Å². The third-order valence-corrected chi connectivity index (χ3v) is 2.47. The minimum atomic E-state index is -0.235. The highest BCUT2D eigenvalue weighted by Gasteiger charge is 2.02. The molecule has 18 heavy (non-hydrogen) atoms. The lowest BCUT2D eigenvalue weighted by atomic mass is 10.2. The Bertz CT molecular complexity index is 542. The van der Waals surface area contributed by atoms with Gasteiger partial charge < -0.3 is 10.6 Å². The highest BCUT2D eigenvalue weighted by atomic mass is 19.1. The van der Waals surface area contributed by atoms with Crippen LogP contribution < -0.4 is 10.6 Å². The molecule has 0 atom stereocenters. The summed E-state index contributed by atoms with van der Waals surface area (Å²) in [6.45, 7) is 4.51. The zero-order chi connectivity index (χ0) is 13.0. The van der Waals surface area contributed by atoms with E-state index < -0.39 is 0 Å². The number of hydrogen-bond donors (Lipinski definition) is 2. The highest BCUT2D eigenvalue weighted by molar-refractivity contribution is 5.59. The van der Waals surface area contributed by atoms with Crippen LogP contribution in [0.3, 0.4) is 0 Å². The molecule has 0 spiro atoms. The molecule has 0 saturated heterocycles.